The van der Waals surface area contributed by atoms with E-state index in [0.717, 1.165) is 24.1 Å². The third-order valence-corrected chi connectivity index (χ3v) is 4.26. The molecule has 1 aromatic carbocycles. The molecule has 1 aliphatic rings. The van der Waals surface area contributed by atoms with Crippen molar-refractivity contribution in [2.75, 3.05) is 6.54 Å². The minimum atomic E-state index is -0.0677. The van der Waals surface area contributed by atoms with Gasteiger partial charge in [0.2, 0.25) is 0 Å². The van der Waals surface area contributed by atoms with Gasteiger partial charge in [-0.1, -0.05) is 12.1 Å². The van der Waals surface area contributed by atoms with Gasteiger partial charge in [0.05, 0.1) is 6.04 Å². The summed E-state index contributed by atoms with van der Waals surface area (Å²) in [7, 11) is 0. The van der Waals surface area contributed by atoms with Gasteiger partial charge in [-0.15, -0.1) is 11.3 Å². The van der Waals surface area contributed by atoms with E-state index in [4.69, 9.17) is 0 Å². The van der Waals surface area contributed by atoms with Gasteiger partial charge in [-0.05, 0) is 47.5 Å². The normalized spacial score (nSPS) is 19.1. The van der Waals surface area contributed by atoms with Crippen LogP contribution in [0.25, 0.3) is 0 Å². The Morgan fingerprint density at radius 2 is 2.18 bits per heavy atom. The van der Waals surface area contributed by atoms with Crippen molar-refractivity contribution in [2.45, 2.75) is 19.4 Å². The van der Waals surface area contributed by atoms with E-state index in [1.54, 1.807) is 23.5 Å². The third kappa shape index (κ3) is 1.79. The second kappa shape index (κ2) is 4.24. The van der Waals surface area contributed by atoms with Crippen molar-refractivity contribution < 1.29 is 4.39 Å². The van der Waals surface area contributed by atoms with Crippen LogP contribution in [0.4, 0.5) is 4.39 Å². The standard InChI is InChI=1S/C14H14FNS/c1-9-10(6-8-17-9)14-12-3-2-4-13(15)11(12)5-7-16-14/h2-4,6,8,14,16H,5,7H2,1H3/t14-/m0/s1. The van der Waals surface area contributed by atoms with E-state index >= 15 is 0 Å². The number of hydrogen-bond acceptors (Lipinski definition) is 2. The lowest BCUT2D eigenvalue weighted by Crippen LogP contribution is -2.31. The van der Waals surface area contributed by atoms with E-state index in [2.05, 4.69) is 23.7 Å². The quantitative estimate of drug-likeness (QED) is 0.814. The third-order valence-electron chi connectivity index (χ3n) is 3.40. The minimum absolute atomic E-state index is 0.0677. The molecule has 3 rings (SSSR count). The van der Waals surface area contributed by atoms with Crippen LogP contribution in [0.3, 0.4) is 0 Å². The largest absolute Gasteiger partial charge is 0.306 e. The summed E-state index contributed by atoms with van der Waals surface area (Å²) in [6.45, 7) is 2.96. The van der Waals surface area contributed by atoms with Crippen molar-refractivity contribution in [3.05, 3.63) is 57.0 Å². The molecule has 0 unspecified atom stereocenters. The summed E-state index contributed by atoms with van der Waals surface area (Å²) in [5.41, 5.74) is 3.25. The van der Waals surface area contributed by atoms with Crippen LogP contribution < -0.4 is 5.32 Å². The number of aryl methyl sites for hydroxylation is 1. The molecule has 0 saturated heterocycles. The first kappa shape index (κ1) is 10.9. The Morgan fingerprint density at radius 1 is 1.29 bits per heavy atom. The number of hydrogen-bond donors (Lipinski definition) is 1. The van der Waals surface area contributed by atoms with Gasteiger partial charge in [-0.3, -0.25) is 0 Å². The Bertz CT molecular complexity index is 547. The minimum Gasteiger partial charge on any atom is -0.306 e. The Balaban J connectivity index is 2.12. The number of rotatable bonds is 1. The summed E-state index contributed by atoms with van der Waals surface area (Å²) in [4.78, 5) is 1.31. The van der Waals surface area contributed by atoms with Gasteiger partial charge in [0.1, 0.15) is 5.82 Å². The van der Waals surface area contributed by atoms with Crippen molar-refractivity contribution >= 4 is 11.3 Å². The lowest BCUT2D eigenvalue weighted by atomic mass is 9.90. The Hall–Kier alpha value is -1.19. The zero-order chi connectivity index (χ0) is 11.8. The highest BCUT2D eigenvalue weighted by molar-refractivity contribution is 7.10. The highest BCUT2D eigenvalue weighted by atomic mass is 32.1. The molecular weight excluding hydrogens is 233 g/mol. The van der Waals surface area contributed by atoms with Crippen LogP contribution in [0, 0.1) is 12.7 Å². The number of benzene rings is 1. The molecule has 2 heterocycles. The van der Waals surface area contributed by atoms with E-state index < -0.39 is 0 Å². The van der Waals surface area contributed by atoms with Crippen LogP contribution in [0.1, 0.15) is 27.6 Å². The monoisotopic (exact) mass is 247 g/mol. The second-order valence-corrected chi connectivity index (χ2v) is 5.50. The lowest BCUT2D eigenvalue weighted by molar-refractivity contribution is 0.531. The first-order chi connectivity index (χ1) is 8.27. The summed E-state index contributed by atoms with van der Waals surface area (Å²) < 4.78 is 13.8. The highest BCUT2D eigenvalue weighted by Gasteiger charge is 2.24. The van der Waals surface area contributed by atoms with Crippen molar-refractivity contribution in [1.82, 2.24) is 5.32 Å². The summed E-state index contributed by atoms with van der Waals surface area (Å²) in [6.07, 6.45) is 0.779. The molecule has 0 saturated carbocycles. The molecule has 0 fully saturated rings. The molecule has 0 radical (unpaired) electrons. The van der Waals surface area contributed by atoms with Gasteiger partial charge in [0.15, 0.2) is 0 Å². The van der Waals surface area contributed by atoms with Crippen LogP contribution in [-0.2, 0) is 6.42 Å². The summed E-state index contributed by atoms with van der Waals surface area (Å²) >= 11 is 1.74. The van der Waals surface area contributed by atoms with E-state index in [0.29, 0.717) is 0 Å². The van der Waals surface area contributed by atoms with Crippen molar-refractivity contribution in [3.63, 3.8) is 0 Å². The van der Waals surface area contributed by atoms with Crippen LogP contribution >= 0.6 is 11.3 Å². The predicted octanol–water partition coefficient (Wildman–Crippen LogP) is 3.43. The zero-order valence-electron chi connectivity index (χ0n) is 9.66. The Labute approximate surface area is 104 Å². The molecule has 1 aliphatic heterocycles. The van der Waals surface area contributed by atoms with Crippen molar-refractivity contribution in [1.29, 1.82) is 0 Å². The number of nitrogens with one attached hydrogen (secondary N) is 1. The summed E-state index contributed by atoms with van der Waals surface area (Å²) in [5, 5.41) is 5.58. The van der Waals surface area contributed by atoms with Gasteiger partial charge >= 0.3 is 0 Å². The average molecular weight is 247 g/mol. The van der Waals surface area contributed by atoms with Gasteiger partial charge in [-0.2, -0.15) is 0 Å². The van der Waals surface area contributed by atoms with Crippen molar-refractivity contribution in [2.24, 2.45) is 0 Å². The first-order valence-corrected chi connectivity index (χ1v) is 6.70. The number of fused-ring (bicyclic) bond motifs is 1. The summed E-state index contributed by atoms with van der Waals surface area (Å²) in [5.74, 6) is -0.0677. The SMILES string of the molecule is Cc1sccc1[C@@H]1NCCc2c(F)cccc21. The van der Waals surface area contributed by atoms with E-state index in [1.807, 2.05) is 6.07 Å². The second-order valence-electron chi connectivity index (χ2n) is 4.38. The van der Waals surface area contributed by atoms with Crippen LogP contribution in [0.2, 0.25) is 0 Å². The molecule has 3 heteroatoms. The van der Waals surface area contributed by atoms with Gasteiger partial charge in [0.25, 0.3) is 0 Å². The number of thiophene rings is 1. The van der Waals surface area contributed by atoms with Crippen LogP contribution in [0.15, 0.2) is 29.6 Å². The molecule has 0 aliphatic carbocycles. The molecule has 0 amide bonds. The molecule has 1 nitrogen and oxygen atoms in total. The maximum atomic E-state index is 13.8. The molecule has 17 heavy (non-hydrogen) atoms. The fraction of sp³-hybridized carbons (Fsp3) is 0.286. The summed E-state index contributed by atoms with van der Waals surface area (Å²) in [6, 6.07) is 7.68. The van der Waals surface area contributed by atoms with Gasteiger partial charge < -0.3 is 5.32 Å². The molecule has 1 atom stereocenters. The highest BCUT2D eigenvalue weighted by Crippen LogP contribution is 2.33. The molecule has 0 spiro atoms. The molecule has 88 valence electrons. The first-order valence-electron chi connectivity index (χ1n) is 5.82. The predicted molar refractivity (Wildman–Crippen MR) is 69.0 cm³/mol. The van der Waals surface area contributed by atoms with Crippen molar-refractivity contribution in [3.8, 4) is 0 Å². The lowest BCUT2D eigenvalue weighted by Gasteiger charge is -2.27. The fourth-order valence-corrected chi connectivity index (χ4v) is 3.27. The molecular formula is C14H14FNS. The van der Waals surface area contributed by atoms with Gasteiger partial charge in [0, 0.05) is 11.4 Å². The molecule has 1 N–H and O–H groups in total. The Morgan fingerprint density at radius 3 is 2.94 bits per heavy atom. The fourth-order valence-electron chi connectivity index (χ4n) is 2.53. The molecule has 1 aromatic heterocycles. The van der Waals surface area contributed by atoms with E-state index in [-0.39, 0.29) is 11.9 Å². The van der Waals surface area contributed by atoms with E-state index in [9.17, 15) is 4.39 Å². The topological polar surface area (TPSA) is 12.0 Å². The number of halogens is 1. The maximum Gasteiger partial charge on any atom is 0.126 e. The molecule has 2 aromatic rings. The Kier molecular flexibility index (Phi) is 2.73. The van der Waals surface area contributed by atoms with E-state index in [1.165, 1.54) is 10.4 Å². The smallest absolute Gasteiger partial charge is 0.126 e. The average Bonchev–Trinajstić information content (AvgIpc) is 2.75. The zero-order valence-corrected chi connectivity index (χ0v) is 10.5. The van der Waals surface area contributed by atoms with Crippen LogP contribution in [-0.4, -0.2) is 6.54 Å². The van der Waals surface area contributed by atoms with Gasteiger partial charge in [-0.25, -0.2) is 4.39 Å². The maximum absolute atomic E-state index is 13.8. The van der Waals surface area contributed by atoms with Crippen LogP contribution in [0.5, 0.6) is 0 Å². The molecule has 0 bridgehead atoms.